The number of likely N-dealkylation sites (tertiary alicyclic amines) is 1. The lowest BCUT2D eigenvalue weighted by atomic mass is 10.1. The maximum atomic E-state index is 12.4. The summed E-state index contributed by atoms with van der Waals surface area (Å²) in [6.45, 7) is 3.16. The summed E-state index contributed by atoms with van der Waals surface area (Å²) in [7, 11) is 0. The van der Waals surface area contributed by atoms with E-state index in [0.717, 1.165) is 18.5 Å². The van der Waals surface area contributed by atoms with Gasteiger partial charge in [0.05, 0.1) is 13.0 Å². The number of carbonyl (C=O) groups excluding carboxylic acids is 2. The van der Waals surface area contributed by atoms with E-state index in [9.17, 15) is 9.59 Å². The molecule has 0 N–H and O–H groups in total. The van der Waals surface area contributed by atoms with Crippen molar-refractivity contribution >= 4 is 35.2 Å². The molecule has 2 fully saturated rings. The molecule has 7 heteroatoms. The Balaban J connectivity index is 1.53. The van der Waals surface area contributed by atoms with Gasteiger partial charge in [-0.05, 0) is 36.1 Å². The fourth-order valence-electron chi connectivity index (χ4n) is 3.11. The van der Waals surface area contributed by atoms with Gasteiger partial charge in [0.25, 0.3) is 0 Å². The summed E-state index contributed by atoms with van der Waals surface area (Å²) in [5.41, 5.74) is 0.819. The van der Waals surface area contributed by atoms with Crippen LogP contribution in [0.1, 0.15) is 12.0 Å². The van der Waals surface area contributed by atoms with E-state index in [2.05, 4.69) is 0 Å². The van der Waals surface area contributed by atoms with Crippen LogP contribution in [0.5, 0.6) is 0 Å². The second kappa shape index (κ2) is 6.97. The van der Waals surface area contributed by atoms with Gasteiger partial charge in [0, 0.05) is 29.7 Å². The summed E-state index contributed by atoms with van der Waals surface area (Å²) in [6, 6.07) is 5.18. The molecule has 0 saturated carbocycles. The Labute approximate surface area is 145 Å². The lowest BCUT2D eigenvalue weighted by molar-refractivity contribution is -0.129. The summed E-state index contributed by atoms with van der Waals surface area (Å²) in [5.74, 6) is 0.377. The molecule has 1 unspecified atom stereocenters. The topological polar surface area (TPSA) is 49.9 Å². The predicted molar refractivity (Wildman–Crippen MR) is 87.8 cm³/mol. The highest BCUT2D eigenvalue weighted by Crippen LogP contribution is 2.22. The summed E-state index contributed by atoms with van der Waals surface area (Å²) in [4.78, 5) is 27.5. The van der Waals surface area contributed by atoms with E-state index < -0.39 is 0 Å². The lowest BCUT2D eigenvalue weighted by Gasteiger charge is -2.19. The number of benzene rings is 1. The second-order valence-electron chi connectivity index (χ2n) is 6.01. The molecule has 0 bridgehead atoms. The van der Waals surface area contributed by atoms with Crippen molar-refractivity contribution in [2.24, 2.45) is 5.92 Å². The van der Waals surface area contributed by atoms with E-state index in [1.54, 1.807) is 23.1 Å². The molecule has 2 aliphatic rings. The standard InChI is InChI=1S/C16H18Cl2N2O3/c17-13-5-12(6-14(18)8-13)7-15(21)19-2-1-11(9-19)10-20-3-4-23-16(20)22/h5-6,8,11H,1-4,7,9-10H2. The van der Waals surface area contributed by atoms with Crippen molar-refractivity contribution in [3.8, 4) is 0 Å². The lowest BCUT2D eigenvalue weighted by Crippen LogP contribution is -2.34. The Hall–Kier alpha value is -1.46. The SMILES string of the molecule is O=C(Cc1cc(Cl)cc(Cl)c1)N1CCC(CN2CCOC2=O)C1. The summed E-state index contributed by atoms with van der Waals surface area (Å²) in [6.07, 6.45) is 0.952. The maximum absolute atomic E-state index is 12.4. The van der Waals surface area contributed by atoms with Crippen LogP contribution in [-0.2, 0) is 16.0 Å². The van der Waals surface area contributed by atoms with Crippen molar-refractivity contribution < 1.29 is 14.3 Å². The number of hydrogen-bond acceptors (Lipinski definition) is 3. The van der Waals surface area contributed by atoms with Crippen LogP contribution in [0, 0.1) is 5.92 Å². The van der Waals surface area contributed by atoms with Gasteiger partial charge in [-0.1, -0.05) is 23.2 Å². The third kappa shape index (κ3) is 4.09. The van der Waals surface area contributed by atoms with Crippen molar-refractivity contribution in [1.82, 2.24) is 9.80 Å². The molecular formula is C16H18Cl2N2O3. The molecule has 3 rings (SSSR count). The van der Waals surface area contributed by atoms with Crippen LogP contribution in [-0.4, -0.2) is 54.6 Å². The number of rotatable bonds is 4. The summed E-state index contributed by atoms with van der Waals surface area (Å²) < 4.78 is 4.93. The monoisotopic (exact) mass is 356 g/mol. The van der Waals surface area contributed by atoms with E-state index in [1.807, 2.05) is 4.90 Å². The third-order valence-electron chi connectivity index (χ3n) is 4.24. The molecule has 0 spiro atoms. The van der Waals surface area contributed by atoms with Crippen LogP contribution in [0.4, 0.5) is 4.79 Å². The zero-order valence-corrected chi connectivity index (χ0v) is 14.1. The molecule has 2 amide bonds. The van der Waals surface area contributed by atoms with Crippen molar-refractivity contribution in [3.63, 3.8) is 0 Å². The number of amides is 2. The van der Waals surface area contributed by atoms with Gasteiger partial charge in [-0.15, -0.1) is 0 Å². The zero-order valence-electron chi connectivity index (χ0n) is 12.6. The molecule has 124 valence electrons. The minimum atomic E-state index is -0.247. The molecule has 2 saturated heterocycles. The number of cyclic esters (lactones) is 1. The average molecular weight is 357 g/mol. The van der Waals surface area contributed by atoms with Gasteiger partial charge >= 0.3 is 6.09 Å². The quantitative estimate of drug-likeness (QED) is 0.833. The van der Waals surface area contributed by atoms with Crippen LogP contribution in [0.25, 0.3) is 0 Å². The third-order valence-corrected chi connectivity index (χ3v) is 4.68. The van der Waals surface area contributed by atoms with E-state index in [1.165, 1.54) is 0 Å². The molecule has 2 aliphatic heterocycles. The van der Waals surface area contributed by atoms with Gasteiger partial charge in [-0.2, -0.15) is 0 Å². The van der Waals surface area contributed by atoms with E-state index in [-0.39, 0.29) is 12.0 Å². The van der Waals surface area contributed by atoms with Crippen LogP contribution in [0.15, 0.2) is 18.2 Å². The van der Waals surface area contributed by atoms with Gasteiger partial charge in [-0.3, -0.25) is 4.79 Å². The molecule has 2 heterocycles. The molecule has 23 heavy (non-hydrogen) atoms. The maximum Gasteiger partial charge on any atom is 0.409 e. The largest absolute Gasteiger partial charge is 0.448 e. The highest BCUT2D eigenvalue weighted by molar-refractivity contribution is 6.34. The Morgan fingerprint density at radius 3 is 2.61 bits per heavy atom. The minimum absolute atomic E-state index is 0.0647. The first-order valence-electron chi connectivity index (χ1n) is 7.66. The number of carbonyl (C=O) groups is 2. The molecular weight excluding hydrogens is 339 g/mol. The first kappa shape index (κ1) is 16.4. The normalized spacial score (nSPS) is 21.0. The molecule has 0 aromatic heterocycles. The summed E-state index contributed by atoms with van der Waals surface area (Å²) >= 11 is 11.9. The van der Waals surface area contributed by atoms with Crippen LogP contribution < -0.4 is 0 Å². The van der Waals surface area contributed by atoms with Gasteiger partial charge in [0.15, 0.2) is 0 Å². The number of halogens is 2. The van der Waals surface area contributed by atoms with Crippen LogP contribution in [0.3, 0.4) is 0 Å². The number of nitrogens with zero attached hydrogens (tertiary/aromatic N) is 2. The number of ether oxygens (including phenoxy) is 1. The first-order valence-corrected chi connectivity index (χ1v) is 8.41. The van der Waals surface area contributed by atoms with Gasteiger partial charge in [0.2, 0.25) is 5.91 Å². The molecule has 5 nitrogen and oxygen atoms in total. The Morgan fingerprint density at radius 2 is 1.96 bits per heavy atom. The smallest absolute Gasteiger partial charge is 0.409 e. The Bertz CT molecular complexity index is 603. The van der Waals surface area contributed by atoms with E-state index >= 15 is 0 Å². The molecule has 1 atom stereocenters. The molecule has 1 aromatic carbocycles. The number of hydrogen-bond donors (Lipinski definition) is 0. The van der Waals surface area contributed by atoms with Crippen molar-refractivity contribution in [2.75, 3.05) is 32.8 Å². The first-order chi connectivity index (χ1) is 11.0. The van der Waals surface area contributed by atoms with E-state index in [0.29, 0.717) is 48.6 Å². The second-order valence-corrected chi connectivity index (χ2v) is 6.88. The molecule has 0 aliphatic carbocycles. The molecule has 1 aromatic rings. The average Bonchev–Trinajstić information content (AvgIpc) is 3.08. The minimum Gasteiger partial charge on any atom is -0.448 e. The van der Waals surface area contributed by atoms with Crippen LogP contribution in [0.2, 0.25) is 10.0 Å². The van der Waals surface area contributed by atoms with Crippen molar-refractivity contribution in [3.05, 3.63) is 33.8 Å². The van der Waals surface area contributed by atoms with Gasteiger partial charge in [0.1, 0.15) is 6.61 Å². The highest BCUT2D eigenvalue weighted by atomic mass is 35.5. The van der Waals surface area contributed by atoms with Gasteiger partial charge in [-0.25, -0.2) is 4.79 Å². The molecule has 0 radical (unpaired) electrons. The van der Waals surface area contributed by atoms with Crippen molar-refractivity contribution in [2.45, 2.75) is 12.8 Å². The zero-order chi connectivity index (χ0) is 16.4. The Morgan fingerprint density at radius 1 is 1.22 bits per heavy atom. The fourth-order valence-corrected chi connectivity index (χ4v) is 3.68. The van der Waals surface area contributed by atoms with E-state index in [4.69, 9.17) is 27.9 Å². The fraction of sp³-hybridized carbons (Fsp3) is 0.500. The van der Waals surface area contributed by atoms with Crippen molar-refractivity contribution in [1.29, 1.82) is 0 Å². The Kier molecular flexibility index (Phi) is 4.97. The van der Waals surface area contributed by atoms with Crippen LogP contribution >= 0.6 is 23.2 Å². The summed E-state index contributed by atoms with van der Waals surface area (Å²) in [5, 5.41) is 1.07. The predicted octanol–water partition coefficient (Wildman–Crippen LogP) is 2.84. The highest BCUT2D eigenvalue weighted by Gasteiger charge is 2.31. The van der Waals surface area contributed by atoms with Gasteiger partial charge < -0.3 is 14.5 Å².